The molecule has 0 fully saturated rings. The molecule has 0 saturated heterocycles. The summed E-state index contributed by atoms with van der Waals surface area (Å²) in [6.45, 7) is 3.39. The third kappa shape index (κ3) is 5.26. The van der Waals surface area contributed by atoms with Gasteiger partial charge in [-0.05, 0) is 61.2 Å². The van der Waals surface area contributed by atoms with Crippen molar-refractivity contribution in [2.75, 3.05) is 18.5 Å². The average Bonchev–Trinajstić information content (AvgIpc) is 2.69. The summed E-state index contributed by atoms with van der Waals surface area (Å²) in [6, 6.07) is 9.97. The van der Waals surface area contributed by atoms with Gasteiger partial charge in [0, 0.05) is 10.7 Å². The maximum atomic E-state index is 12.2. The Morgan fingerprint density at radius 3 is 2.79 bits per heavy atom. The molecule has 0 saturated carbocycles. The summed E-state index contributed by atoms with van der Waals surface area (Å²) in [5, 5.41) is 5.30. The minimum atomic E-state index is -0.721. The fraction of sp³-hybridized carbons (Fsp3) is 0.286. The maximum Gasteiger partial charge on any atom is 0.325 e. The number of halogens is 1. The molecule has 1 atom stereocenters. The van der Waals surface area contributed by atoms with Crippen LogP contribution in [0.4, 0.5) is 10.5 Å². The Morgan fingerprint density at radius 2 is 2.00 bits per heavy atom. The largest absolute Gasteiger partial charge is 0.492 e. The van der Waals surface area contributed by atoms with E-state index in [0.717, 1.165) is 16.7 Å². The van der Waals surface area contributed by atoms with E-state index in [0.29, 0.717) is 22.9 Å². The van der Waals surface area contributed by atoms with Crippen LogP contribution in [0.1, 0.15) is 16.7 Å². The number of fused-ring (bicyclic) bond motifs is 1. The molecule has 2 aromatic carbocycles. The number of aryl methyl sites for hydroxylation is 1. The summed E-state index contributed by atoms with van der Waals surface area (Å²) in [6.07, 6.45) is 0.406. The highest BCUT2D eigenvalue weighted by atomic mass is 35.5. The summed E-state index contributed by atoms with van der Waals surface area (Å²) in [5.41, 5.74) is 3.33. The number of nitrogens with one attached hydrogen (secondary N) is 2. The van der Waals surface area contributed by atoms with E-state index in [4.69, 9.17) is 21.1 Å². The third-order valence-electron chi connectivity index (χ3n) is 4.71. The van der Waals surface area contributed by atoms with Gasteiger partial charge in [-0.3, -0.25) is 14.9 Å². The van der Waals surface area contributed by atoms with E-state index in [-0.39, 0.29) is 6.61 Å². The van der Waals surface area contributed by atoms with Gasteiger partial charge >= 0.3 is 12.0 Å². The topological polar surface area (TPSA) is 93.7 Å². The van der Waals surface area contributed by atoms with Crippen LogP contribution in [0.2, 0.25) is 5.02 Å². The Kier molecular flexibility index (Phi) is 6.39. The quantitative estimate of drug-likeness (QED) is 0.745. The van der Waals surface area contributed by atoms with Gasteiger partial charge in [0.15, 0.2) is 6.61 Å². The van der Waals surface area contributed by atoms with Crippen molar-refractivity contribution in [2.45, 2.75) is 20.3 Å². The first-order chi connectivity index (χ1) is 13.8. The van der Waals surface area contributed by atoms with Crippen LogP contribution in [0.5, 0.6) is 5.75 Å². The Labute approximate surface area is 173 Å². The number of anilines is 1. The minimum absolute atomic E-state index is 0.155. The SMILES string of the molecule is Cc1cccc(NC(=O)NC(=O)COC(=O)C2COc3ccc(Cl)cc3C2)c1C. The highest BCUT2D eigenvalue weighted by molar-refractivity contribution is 6.30. The van der Waals surface area contributed by atoms with Gasteiger partial charge < -0.3 is 14.8 Å². The first kappa shape index (κ1) is 20.7. The lowest BCUT2D eigenvalue weighted by Gasteiger charge is -2.24. The van der Waals surface area contributed by atoms with Crippen molar-refractivity contribution < 1.29 is 23.9 Å². The number of benzene rings is 2. The molecule has 3 rings (SSSR count). The third-order valence-corrected chi connectivity index (χ3v) is 4.95. The van der Waals surface area contributed by atoms with Crippen molar-refractivity contribution in [3.05, 3.63) is 58.1 Å². The molecular formula is C21H21ClN2O5. The predicted molar refractivity (Wildman–Crippen MR) is 108 cm³/mol. The lowest BCUT2D eigenvalue weighted by Crippen LogP contribution is -2.38. The number of hydrogen-bond acceptors (Lipinski definition) is 5. The highest BCUT2D eigenvalue weighted by Crippen LogP contribution is 2.30. The minimum Gasteiger partial charge on any atom is -0.492 e. The molecule has 2 N–H and O–H groups in total. The molecule has 0 spiro atoms. The molecule has 1 heterocycles. The molecule has 1 aliphatic rings. The molecular weight excluding hydrogens is 396 g/mol. The maximum absolute atomic E-state index is 12.2. The molecule has 1 aliphatic heterocycles. The highest BCUT2D eigenvalue weighted by Gasteiger charge is 2.28. The summed E-state index contributed by atoms with van der Waals surface area (Å²) in [7, 11) is 0. The van der Waals surface area contributed by atoms with Crippen molar-refractivity contribution in [2.24, 2.45) is 5.92 Å². The Hall–Kier alpha value is -3.06. The van der Waals surface area contributed by atoms with E-state index in [1.807, 2.05) is 19.9 Å². The summed E-state index contributed by atoms with van der Waals surface area (Å²) in [4.78, 5) is 36.2. The Bertz CT molecular complexity index is 960. The Morgan fingerprint density at radius 1 is 1.21 bits per heavy atom. The van der Waals surface area contributed by atoms with Crippen molar-refractivity contribution >= 4 is 35.2 Å². The van der Waals surface area contributed by atoms with Gasteiger partial charge in [-0.2, -0.15) is 0 Å². The van der Waals surface area contributed by atoms with Crippen molar-refractivity contribution in [3.63, 3.8) is 0 Å². The molecule has 0 aromatic heterocycles. The number of urea groups is 1. The van der Waals surface area contributed by atoms with Crippen LogP contribution in [0.25, 0.3) is 0 Å². The van der Waals surface area contributed by atoms with Crippen LogP contribution in [0.3, 0.4) is 0 Å². The van der Waals surface area contributed by atoms with Crippen molar-refractivity contribution in [1.29, 1.82) is 0 Å². The number of rotatable bonds is 4. The molecule has 0 radical (unpaired) electrons. The number of hydrogen-bond donors (Lipinski definition) is 2. The molecule has 3 amide bonds. The van der Waals surface area contributed by atoms with E-state index in [1.54, 1.807) is 30.3 Å². The van der Waals surface area contributed by atoms with Crippen LogP contribution in [0.15, 0.2) is 36.4 Å². The second kappa shape index (κ2) is 8.96. The van der Waals surface area contributed by atoms with Crippen LogP contribution in [-0.4, -0.2) is 31.1 Å². The van der Waals surface area contributed by atoms with Crippen LogP contribution < -0.4 is 15.4 Å². The zero-order chi connectivity index (χ0) is 21.0. The standard InChI is InChI=1S/C21H21ClN2O5/c1-12-4-3-5-17(13(12)2)23-21(27)24-19(25)11-29-20(26)15-8-14-9-16(22)6-7-18(14)28-10-15/h3-7,9,15H,8,10-11H2,1-2H3,(H2,23,24,25,27). The second-order valence-corrected chi connectivity index (χ2v) is 7.26. The van der Waals surface area contributed by atoms with Gasteiger partial charge in [0.2, 0.25) is 0 Å². The van der Waals surface area contributed by atoms with E-state index in [9.17, 15) is 14.4 Å². The summed E-state index contributed by atoms with van der Waals surface area (Å²) < 4.78 is 10.6. The fourth-order valence-electron chi connectivity index (χ4n) is 2.97. The van der Waals surface area contributed by atoms with Crippen molar-refractivity contribution in [3.8, 4) is 5.75 Å². The van der Waals surface area contributed by atoms with Crippen LogP contribution in [0, 0.1) is 19.8 Å². The van der Waals surface area contributed by atoms with Gasteiger partial charge in [-0.1, -0.05) is 23.7 Å². The molecule has 2 aromatic rings. The van der Waals surface area contributed by atoms with Gasteiger partial charge in [0.05, 0.1) is 5.92 Å². The number of amides is 3. The number of esters is 1. The summed E-state index contributed by atoms with van der Waals surface area (Å²) in [5.74, 6) is -1.15. The molecule has 1 unspecified atom stereocenters. The van der Waals surface area contributed by atoms with Crippen LogP contribution >= 0.6 is 11.6 Å². The molecule has 29 heavy (non-hydrogen) atoms. The predicted octanol–water partition coefficient (Wildman–Crippen LogP) is 3.40. The normalized spacial score (nSPS) is 14.9. The summed E-state index contributed by atoms with van der Waals surface area (Å²) >= 11 is 5.97. The van der Waals surface area contributed by atoms with E-state index >= 15 is 0 Å². The first-order valence-corrected chi connectivity index (χ1v) is 9.46. The Balaban J connectivity index is 1.47. The van der Waals surface area contributed by atoms with E-state index in [2.05, 4.69) is 10.6 Å². The molecule has 0 aliphatic carbocycles. The molecule has 8 heteroatoms. The number of ether oxygens (including phenoxy) is 2. The average molecular weight is 417 g/mol. The zero-order valence-corrected chi connectivity index (χ0v) is 16.8. The molecule has 152 valence electrons. The number of carbonyl (C=O) groups excluding carboxylic acids is 3. The smallest absolute Gasteiger partial charge is 0.325 e. The van der Waals surface area contributed by atoms with Crippen molar-refractivity contribution in [1.82, 2.24) is 5.32 Å². The van der Waals surface area contributed by atoms with Gasteiger partial charge in [0.25, 0.3) is 5.91 Å². The first-order valence-electron chi connectivity index (χ1n) is 9.08. The number of imide groups is 1. The van der Waals surface area contributed by atoms with E-state index < -0.39 is 30.4 Å². The van der Waals surface area contributed by atoms with Gasteiger partial charge in [-0.25, -0.2) is 4.79 Å². The second-order valence-electron chi connectivity index (χ2n) is 6.82. The van der Waals surface area contributed by atoms with E-state index in [1.165, 1.54) is 0 Å². The molecule has 7 nitrogen and oxygen atoms in total. The fourth-order valence-corrected chi connectivity index (χ4v) is 3.17. The number of carbonyl (C=O) groups is 3. The zero-order valence-electron chi connectivity index (χ0n) is 16.1. The lowest BCUT2D eigenvalue weighted by atomic mass is 9.97. The van der Waals surface area contributed by atoms with Crippen LogP contribution in [-0.2, 0) is 20.7 Å². The molecule has 0 bridgehead atoms. The van der Waals surface area contributed by atoms with Gasteiger partial charge in [-0.15, -0.1) is 0 Å². The van der Waals surface area contributed by atoms with Gasteiger partial charge in [0.1, 0.15) is 12.4 Å². The lowest BCUT2D eigenvalue weighted by molar-refractivity contribution is -0.153. The monoisotopic (exact) mass is 416 g/mol.